The Kier molecular flexibility index (Phi) is 12.3. The topological polar surface area (TPSA) is 133 Å². The van der Waals surface area contributed by atoms with Crippen LogP contribution < -0.4 is 25.0 Å². The lowest BCUT2D eigenvalue weighted by Crippen LogP contribution is -2.50. The molecule has 1 fully saturated rings. The van der Waals surface area contributed by atoms with Crippen molar-refractivity contribution < 1.29 is 31.8 Å². The first kappa shape index (κ1) is 38.0. The second kappa shape index (κ2) is 15.8. The second-order valence-electron chi connectivity index (χ2n) is 14.2. The van der Waals surface area contributed by atoms with Gasteiger partial charge in [-0.25, -0.2) is 22.2 Å². The molecule has 0 saturated heterocycles. The van der Waals surface area contributed by atoms with Crippen LogP contribution in [0.3, 0.4) is 0 Å². The molecule has 0 bridgehead atoms. The second-order valence-corrected chi connectivity index (χ2v) is 16.7. The summed E-state index contributed by atoms with van der Waals surface area (Å²) in [7, 11) is -2.38. The summed E-state index contributed by atoms with van der Waals surface area (Å²) in [5, 5.41) is 19.8. The Morgan fingerprint density at radius 3 is 2.39 bits per heavy atom. The molecule has 1 aliphatic carbocycles. The molecule has 1 heterocycles. The molecule has 4 rings (SSSR count). The lowest BCUT2D eigenvalue weighted by Gasteiger charge is -2.26. The number of sulfonamides is 1. The maximum Gasteiger partial charge on any atom is 0.251 e. The number of ether oxygens (including phenoxy) is 1. The standard InChI is InChI=1S/C36H49F2N5O5S/c1-22(2)49(46,47)43(7)34-14-25(13-33(42-34)40-19-26-11-23(26)3)35(45)41-31(21-48-30-16-28(37)15-29(38)17-30)32(44)20-39-18-24-9-8-10-27(12-24)36(4,5)6/h8-10,12-17,22-23,26,31-32,39,44H,11,18-21H2,1-7H3,(H,40,42)(H,41,45). The van der Waals surface area contributed by atoms with Crippen molar-refractivity contribution >= 4 is 27.6 Å². The molecule has 1 aromatic heterocycles. The number of nitrogens with one attached hydrogen (secondary N) is 3. The number of halogens is 2. The molecule has 4 unspecified atom stereocenters. The third-order valence-electron chi connectivity index (χ3n) is 8.72. The smallest absolute Gasteiger partial charge is 0.251 e. The molecule has 13 heteroatoms. The van der Waals surface area contributed by atoms with Crippen LogP contribution in [0.2, 0.25) is 0 Å². The largest absolute Gasteiger partial charge is 0.491 e. The summed E-state index contributed by atoms with van der Waals surface area (Å²) in [5.74, 6) is -1.01. The van der Waals surface area contributed by atoms with Crippen LogP contribution in [0.15, 0.2) is 54.6 Å². The minimum absolute atomic E-state index is 0.0368. The van der Waals surface area contributed by atoms with Crippen molar-refractivity contribution in [2.45, 2.75) is 77.3 Å². The van der Waals surface area contributed by atoms with Gasteiger partial charge in [0, 0.05) is 50.4 Å². The number of hydrogen-bond donors (Lipinski definition) is 4. The van der Waals surface area contributed by atoms with Crippen molar-refractivity contribution in [2.75, 3.05) is 36.4 Å². The SMILES string of the molecule is CC1CC1CNc1cc(C(=O)NC(COc2cc(F)cc(F)c2)C(O)CNCc2cccc(C(C)(C)C)c2)cc(N(C)S(=O)(=O)C(C)C)n1. The Balaban J connectivity index is 1.56. The van der Waals surface area contributed by atoms with E-state index in [4.69, 9.17) is 4.74 Å². The van der Waals surface area contributed by atoms with Gasteiger partial charge in [-0.3, -0.25) is 9.10 Å². The highest BCUT2D eigenvalue weighted by molar-refractivity contribution is 7.93. The highest BCUT2D eigenvalue weighted by Crippen LogP contribution is 2.37. The Bertz CT molecular complexity index is 1700. The number of rotatable bonds is 16. The Hall–Kier alpha value is -3.81. The number of hydrogen-bond acceptors (Lipinski definition) is 8. The summed E-state index contributed by atoms with van der Waals surface area (Å²) in [5.41, 5.74) is 2.24. The zero-order chi connectivity index (χ0) is 36.1. The van der Waals surface area contributed by atoms with Gasteiger partial charge in [-0.15, -0.1) is 0 Å². The summed E-state index contributed by atoms with van der Waals surface area (Å²) in [6.07, 6.45) is -0.126. The number of pyridine rings is 1. The van der Waals surface area contributed by atoms with E-state index >= 15 is 0 Å². The highest BCUT2D eigenvalue weighted by Gasteiger charge is 2.32. The van der Waals surface area contributed by atoms with Crippen LogP contribution in [0.25, 0.3) is 0 Å². The fraction of sp³-hybridized carbons (Fsp3) is 0.500. The van der Waals surface area contributed by atoms with E-state index in [0.29, 0.717) is 36.8 Å². The van der Waals surface area contributed by atoms with Crippen LogP contribution in [-0.2, 0) is 22.0 Å². The fourth-order valence-electron chi connectivity index (χ4n) is 5.22. The maximum atomic E-state index is 13.9. The normalized spacial score (nSPS) is 17.4. The third kappa shape index (κ3) is 10.6. The van der Waals surface area contributed by atoms with Gasteiger partial charge in [-0.1, -0.05) is 52.0 Å². The van der Waals surface area contributed by atoms with E-state index in [0.717, 1.165) is 34.0 Å². The number of aliphatic hydroxyl groups is 1. The summed E-state index contributed by atoms with van der Waals surface area (Å²) in [6, 6.07) is 12.7. The molecule has 3 aromatic rings. The Labute approximate surface area is 288 Å². The first-order valence-electron chi connectivity index (χ1n) is 16.6. The molecule has 268 valence electrons. The van der Waals surface area contributed by atoms with Crippen molar-refractivity contribution in [1.29, 1.82) is 0 Å². The Morgan fingerprint density at radius 1 is 1.10 bits per heavy atom. The number of aliphatic hydroxyl groups excluding tert-OH is 1. The third-order valence-corrected chi connectivity index (χ3v) is 10.9. The van der Waals surface area contributed by atoms with Gasteiger partial charge >= 0.3 is 0 Å². The molecule has 0 aliphatic heterocycles. The average Bonchev–Trinajstić information content (AvgIpc) is 3.75. The summed E-state index contributed by atoms with van der Waals surface area (Å²) < 4.78 is 60.5. The van der Waals surface area contributed by atoms with Crippen LogP contribution in [0.1, 0.15) is 69.4 Å². The summed E-state index contributed by atoms with van der Waals surface area (Å²) >= 11 is 0. The van der Waals surface area contributed by atoms with Gasteiger partial charge in [0.2, 0.25) is 10.0 Å². The van der Waals surface area contributed by atoms with Crippen molar-refractivity contribution in [1.82, 2.24) is 15.6 Å². The Morgan fingerprint density at radius 2 is 1.78 bits per heavy atom. The number of nitrogens with zero attached hydrogens (tertiary/aromatic N) is 2. The van der Waals surface area contributed by atoms with Crippen LogP contribution in [0.5, 0.6) is 5.75 Å². The molecular weight excluding hydrogens is 652 g/mol. The summed E-state index contributed by atoms with van der Waals surface area (Å²) in [4.78, 5) is 18.3. The van der Waals surface area contributed by atoms with E-state index < -0.39 is 45.0 Å². The van der Waals surface area contributed by atoms with E-state index in [1.807, 2.05) is 12.1 Å². The molecular formula is C36H49F2N5O5S. The minimum atomic E-state index is -3.76. The molecule has 1 saturated carbocycles. The quantitative estimate of drug-likeness (QED) is 0.160. The van der Waals surface area contributed by atoms with E-state index in [1.54, 1.807) is 13.8 Å². The zero-order valence-corrected chi connectivity index (χ0v) is 30.1. The molecule has 4 N–H and O–H groups in total. The van der Waals surface area contributed by atoms with Crippen LogP contribution in [0, 0.1) is 23.5 Å². The fourth-order valence-corrected chi connectivity index (χ4v) is 6.20. The van der Waals surface area contributed by atoms with Gasteiger partial charge in [0.25, 0.3) is 5.91 Å². The molecule has 1 amide bonds. The molecule has 4 atom stereocenters. The first-order valence-corrected chi connectivity index (χ1v) is 18.1. The number of carbonyl (C=O) groups is 1. The van der Waals surface area contributed by atoms with Gasteiger partial charge in [0.15, 0.2) is 0 Å². The number of aromatic nitrogens is 1. The molecule has 0 spiro atoms. The number of anilines is 2. The number of benzene rings is 2. The number of carbonyl (C=O) groups excluding carboxylic acids is 1. The highest BCUT2D eigenvalue weighted by atomic mass is 32.2. The van der Waals surface area contributed by atoms with Gasteiger partial charge < -0.3 is 25.8 Å². The first-order chi connectivity index (χ1) is 22.9. The molecule has 49 heavy (non-hydrogen) atoms. The monoisotopic (exact) mass is 701 g/mol. The molecule has 2 aromatic carbocycles. The van der Waals surface area contributed by atoms with E-state index in [9.17, 15) is 27.1 Å². The van der Waals surface area contributed by atoms with Gasteiger partial charge in [0.05, 0.1) is 17.4 Å². The molecule has 0 radical (unpaired) electrons. The van der Waals surface area contributed by atoms with Crippen molar-refractivity contribution in [3.05, 3.63) is 82.9 Å². The minimum Gasteiger partial charge on any atom is -0.491 e. The number of amides is 1. The van der Waals surface area contributed by atoms with Crippen LogP contribution in [-0.4, -0.2) is 68.6 Å². The van der Waals surface area contributed by atoms with Crippen LogP contribution in [0.4, 0.5) is 20.4 Å². The van der Waals surface area contributed by atoms with E-state index in [2.05, 4.69) is 60.8 Å². The van der Waals surface area contributed by atoms with Gasteiger partial charge in [-0.05, 0) is 60.8 Å². The van der Waals surface area contributed by atoms with Crippen molar-refractivity contribution in [3.63, 3.8) is 0 Å². The van der Waals surface area contributed by atoms with Crippen LogP contribution >= 0.6 is 0 Å². The van der Waals surface area contributed by atoms with Gasteiger partial charge in [-0.2, -0.15) is 0 Å². The predicted octanol–water partition coefficient (Wildman–Crippen LogP) is 5.23. The van der Waals surface area contributed by atoms with Gasteiger partial charge in [0.1, 0.15) is 35.6 Å². The maximum absolute atomic E-state index is 13.9. The van der Waals surface area contributed by atoms with E-state index in [1.165, 1.54) is 19.2 Å². The average molecular weight is 702 g/mol. The summed E-state index contributed by atoms with van der Waals surface area (Å²) in [6.45, 7) is 12.4. The van der Waals surface area contributed by atoms with Crippen molar-refractivity contribution in [3.8, 4) is 5.75 Å². The van der Waals surface area contributed by atoms with Crippen molar-refractivity contribution in [2.24, 2.45) is 11.8 Å². The molecule has 10 nitrogen and oxygen atoms in total. The predicted molar refractivity (Wildman–Crippen MR) is 188 cm³/mol. The zero-order valence-electron chi connectivity index (χ0n) is 29.3. The van der Waals surface area contributed by atoms with E-state index in [-0.39, 0.29) is 35.7 Å². The lowest BCUT2D eigenvalue weighted by molar-refractivity contribution is 0.0732. The molecule has 1 aliphatic rings. The lowest BCUT2D eigenvalue weighted by atomic mass is 9.86.